The third kappa shape index (κ3) is 3.66. The van der Waals surface area contributed by atoms with Gasteiger partial charge in [-0.2, -0.15) is 0 Å². The summed E-state index contributed by atoms with van der Waals surface area (Å²) < 4.78 is 0. The first-order valence-corrected chi connectivity index (χ1v) is 7.60. The lowest BCUT2D eigenvalue weighted by Crippen LogP contribution is -2.27. The van der Waals surface area contributed by atoms with E-state index in [9.17, 15) is 4.79 Å². The Labute approximate surface area is 129 Å². The van der Waals surface area contributed by atoms with Crippen LogP contribution in [0.1, 0.15) is 50.1 Å². The van der Waals surface area contributed by atoms with E-state index in [1.54, 1.807) is 12.1 Å². The fourth-order valence-electron chi connectivity index (χ4n) is 3.23. The van der Waals surface area contributed by atoms with Crippen molar-refractivity contribution < 1.29 is 9.90 Å². The zero-order valence-electron chi connectivity index (χ0n) is 11.2. The summed E-state index contributed by atoms with van der Waals surface area (Å²) in [5, 5.41) is 10.1. The molecule has 1 fully saturated rings. The van der Waals surface area contributed by atoms with Crippen LogP contribution in [0.5, 0.6) is 0 Å². The number of carboxylic acids is 1. The SMILES string of the molecule is NC(CC1(CC(=O)O)CCCC1)c1ccc(Cl)c(Cl)c1. The summed E-state index contributed by atoms with van der Waals surface area (Å²) in [5.74, 6) is -0.742. The van der Waals surface area contributed by atoms with E-state index in [1.807, 2.05) is 6.07 Å². The Morgan fingerprint density at radius 3 is 2.50 bits per heavy atom. The third-order valence-corrected chi connectivity index (χ3v) is 4.95. The molecule has 110 valence electrons. The van der Waals surface area contributed by atoms with Crippen LogP contribution in [0.2, 0.25) is 10.0 Å². The summed E-state index contributed by atoms with van der Waals surface area (Å²) in [7, 11) is 0. The van der Waals surface area contributed by atoms with E-state index in [0.29, 0.717) is 16.5 Å². The molecule has 0 amide bonds. The van der Waals surface area contributed by atoms with Crippen LogP contribution in [0.15, 0.2) is 18.2 Å². The largest absolute Gasteiger partial charge is 0.481 e. The zero-order valence-corrected chi connectivity index (χ0v) is 12.8. The van der Waals surface area contributed by atoms with Gasteiger partial charge in [0.05, 0.1) is 16.5 Å². The molecule has 3 nitrogen and oxygen atoms in total. The van der Waals surface area contributed by atoms with Gasteiger partial charge in [0.25, 0.3) is 0 Å². The van der Waals surface area contributed by atoms with E-state index < -0.39 is 5.97 Å². The van der Waals surface area contributed by atoms with Crippen molar-refractivity contribution in [2.24, 2.45) is 11.1 Å². The molecule has 5 heteroatoms. The second-order valence-electron chi connectivity index (χ2n) is 5.76. The number of hydrogen-bond donors (Lipinski definition) is 2. The van der Waals surface area contributed by atoms with Crippen LogP contribution >= 0.6 is 23.2 Å². The number of hydrogen-bond acceptors (Lipinski definition) is 2. The van der Waals surface area contributed by atoms with Gasteiger partial charge in [0, 0.05) is 6.04 Å². The van der Waals surface area contributed by atoms with Gasteiger partial charge in [-0.05, 0) is 42.4 Å². The minimum absolute atomic E-state index is 0.169. The van der Waals surface area contributed by atoms with Gasteiger partial charge >= 0.3 is 5.97 Å². The normalized spacial score (nSPS) is 18.9. The summed E-state index contributed by atoms with van der Waals surface area (Å²) in [4.78, 5) is 11.1. The van der Waals surface area contributed by atoms with Crippen molar-refractivity contribution in [3.8, 4) is 0 Å². The Bertz CT molecular complexity index is 499. The quantitative estimate of drug-likeness (QED) is 0.845. The Morgan fingerprint density at radius 2 is 1.95 bits per heavy atom. The molecular weight excluding hydrogens is 297 g/mol. The van der Waals surface area contributed by atoms with Crippen molar-refractivity contribution in [2.45, 2.75) is 44.6 Å². The molecule has 0 aromatic heterocycles. The molecule has 1 saturated carbocycles. The maximum Gasteiger partial charge on any atom is 0.303 e. The number of benzene rings is 1. The van der Waals surface area contributed by atoms with Crippen molar-refractivity contribution in [1.29, 1.82) is 0 Å². The Hall–Kier alpha value is -0.770. The maximum atomic E-state index is 11.1. The molecule has 0 heterocycles. The Morgan fingerprint density at radius 1 is 1.30 bits per heavy atom. The van der Waals surface area contributed by atoms with E-state index >= 15 is 0 Å². The Kier molecular flexibility index (Phi) is 4.95. The summed E-state index contributed by atoms with van der Waals surface area (Å²) >= 11 is 11.9. The smallest absolute Gasteiger partial charge is 0.303 e. The van der Waals surface area contributed by atoms with E-state index in [2.05, 4.69) is 0 Å². The molecule has 3 N–H and O–H groups in total. The highest BCUT2D eigenvalue weighted by Crippen LogP contribution is 2.47. The van der Waals surface area contributed by atoms with E-state index in [-0.39, 0.29) is 17.9 Å². The van der Waals surface area contributed by atoms with Crippen molar-refractivity contribution in [3.63, 3.8) is 0 Å². The van der Waals surface area contributed by atoms with Gasteiger partial charge in [0.1, 0.15) is 0 Å². The maximum absolute atomic E-state index is 11.1. The van der Waals surface area contributed by atoms with E-state index in [0.717, 1.165) is 31.2 Å². The highest BCUT2D eigenvalue weighted by Gasteiger charge is 2.37. The van der Waals surface area contributed by atoms with Crippen LogP contribution in [0.25, 0.3) is 0 Å². The molecule has 1 atom stereocenters. The summed E-state index contributed by atoms with van der Waals surface area (Å²) in [6.45, 7) is 0. The first-order chi connectivity index (χ1) is 9.42. The fourth-order valence-corrected chi connectivity index (χ4v) is 3.53. The average molecular weight is 316 g/mol. The molecule has 1 aliphatic rings. The van der Waals surface area contributed by atoms with Crippen LogP contribution in [-0.2, 0) is 4.79 Å². The molecule has 1 aromatic carbocycles. The molecular formula is C15H19Cl2NO2. The fraction of sp³-hybridized carbons (Fsp3) is 0.533. The Balaban J connectivity index is 2.13. The molecule has 0 spiro atoms. The topological polar surface area (TPSA) is 63.3 Å². The van der Waals surface area contributed by atoms with Crippen molar-refractivity contribution in [3.05, 3.63) is 33.8 Å². The van der Waals surface area contributed by atoms with Crippen LogP contribution in [0, 0.1) is 5.41 Å². The molecule has 0 aliphatic heterocycles. The van der Waals surface area contributed by atoms with Crippen LogP contribution < -0.4 is 5.73 Å². The second-order valence-corrected chi connectivity index (χ2v) is 6.58. The number of halogens is 2. The molecule has 1 unspecified atom stereocenters. The van der Waals surface area contributed by atoms with Crippen LogP contribution in [0.4, 0.5) is 0 Å². The molecule has 20 heavy (non-hydrogen) atoms. The zero-order chi connectivity index (χ0) is 14.8. The van der Waals surface area contributed by atoms with Gasteiger partial charge in [-0.15, -0.1) is 0 Å². The van der Waals surface area contributed by atoms with Crippen molar-refractivity contribution in [2.75, 3.05) is 0 Å². The number of rotatable bonds is 5. The number of nitrogens with two attached hydrogens (primary N) is 1. The van der Waals surface area contributed by atoms with Gasteiger partial charge in [0.2, 0.25) is 0 Å². The molecule has 2 rings (SSSR count). The van der Waals surface area contributed by atoms with Gasteiger partial charge in [-0.3, -0.25) is 4.79 Å². The lowest BCUT2D eigenvalue weighted by Gasteiger charge is -2.30. The highest BCUT2D eigenvalue weighted by atomic mass is 35.5. The van der Waals surface area contributed by atoms with Gasteiger partial charge in [0.15, 0.2) is 0 Å². The first kappa shape index (κ1) is 15.6. The molecule has 1 aliphatic carbocycles. The lowest BCUT2D eigenvalue weighted by atomic mass is 9.76. The van der Waals surface area contributed by atoms with Crippen molar-refractivity contribution in [1.82, 2.24) is 0 Å². The average Bonchev–Trinajstić information content (AvgIpc) is 2.79. The standard InChI is InChI=1S/C15H19Cl2NO2/c16-11-4-3-10(7-12(11)17)13(18)8-15(9-14(19)20)5-1-2-6-15/h3-4,7,13H,1-2,5-6,8-9,18H2,(H,19,20). The molecule has 0 bridgehead atoms. The van der Waals surface area contributed by atoms with Gasteiger partial charge < -0.3 is 10.8 Å². The first-order valence-electron chi connectivity index (χ1n) is 6.84. The lowest BCUT2D eigenvalue weighted by molar-refractivity contribution is -0.139. The van der Waals surface area contributed by atoms with E-state index in [4.69, 9.17) is 34.0 Å². The third-order valence-electron chi connectivity index (χ3n) is 4.22. The summed E-state index contributed by atoms with van der Waals surface area (Å²) in [6, 6.07) is 5.17. The summed E-state index contributed by atoms with van der Waals surface area (Å²) in [6.07, 6.45) is 4.92. The monoisotopic (exact) mass is 315 g/mol. The minimum Gasteiger partial charge on any atom is -0.481 e. The number of aliphatic carboxylic acids is 1. The van der Waals surface area contributed by atoms with Crippen LogP contribution in [-0.4, -0.2) is 11.1 Å². The van der Waals surface area contributed by atoms with Crippen LogP contribution in [0.3, 0.4) is 0 Å². The summed E-state index contributed by atoms with van der Waals surface area (Å²) in [5.41, 5.74) is 7.00. The van der Waals surface area contributed by atoms with E-state index in [1.165, 1.54) is 0 Å². The minimum atomic E-state index is -0.742. The number of carboxylic acid groups (broad SMARTS) is 1. The predicted octanol–water partition coefficient (Wildman–Crippen LogP) is 4.42. The number of carbonyl (C=O) groups is 1. The van der Waals surface area contributed by atoms with Gasteiger partial charge in [-0.25, -0.2) is 0 Å². The van der Waals surface area contributed by atoms with Gasteiger partial charge in [-0.1, -0.05) is 42.1 Å². The molecule has 1 aromatic rings. The molecule has 0 radical (unpaired) electrons. The molecule has 0 saturated heterocycles. The highest BCUT2D eigenvalue weighted by molar-refractivity contribution is 6.42. The van der Waals surface area contributed by atoms with Crippen molar-refractivity contribution >= 4 is 29.2 Å². The predicted molar refractivity (Wildman–Crippen MR) is 81.2 cm³/mol. The second kappa shape index (κ2) is 6.33.